The maximum Gasteiger partial charge on any atom is 0.310 e. The summed E-state index contributed by atoms with van der Waals surface area (Å²) in [6, 6.07) is 12.5. The third-order valence-corrected chi connectivity index (χ3v) is 3.98. The lowest BCUT2D eigenvalue weighted by atomic mass is 10.1. The Hall–Kier alpha value is -2.40. The van der Waals surface area contributed by atoms with Crippen LogP contribution in [-0.2, 0) is 16.1 Å². The molecule has 2 aromatic rings. The molecule has 0 saturated carbocycles. The summed E-state index contributed by atoms with van der Waals surface area (Å²) in [5.41, 5.74) is 1.18. The van der Waals surface area contributed by atoms with Gasteiger partial charge in [-0.3, -0.25) is 9.59 Å². The SMILES string of the molecule is COC(=O)C(C)CN(Cc1ccc(F)cc1)C(=O)c1cccc(Cl)c1. The number of ether oxygens (including phenoxy) is 1. The van der Waals surface area contributed by atoms with Gasteiger partial charge >= 0.3 is 5.97 Å². The molecule has 0 aliphatic rings. The lowest BCUT2D eigenvalue weighted by Gasteiger charge is -2.25. The van der Waals surface area contributed by atoms with Gasteiger partial charge in [0.2, 0.25) is 0 Å². The minimum Gasteiger partial charge on any atom is -0.469 e. The number of amides is 1. The predicted molar refractivity (Wildman–Crippen MR) is 93.8 cm³/mol. The normalized spacial score (nSPS) is 11.7. The van der Waals surface area contributed by atoms with Crippen molar-refractivity contribution >= 4 is 23.5 Å². The van der Waals surface area contributed by atoms with Gasteiger partial charge in [-0.25, -0.2) is 4.39 Å². The third-order valence-electron chi connectivity index (χ3n) is 3.74. The van der Waals surface area contributed by atoms with E-state index in [0.29, 0.717) is 10.6 Å². The maximum absolute atomic E-state index is 13.1. The van der Waals surface area contributed by atoms with Crippen LogP contribution < -0.4 is 0 Å². The fraction of sp³-hybridized carbons (Fsp3) is 0.263. The molecule has 0 fully saturated rings. The summed E-state index contributed by atoms with van der Waals surface area (Å²) < 4.78 is 17.8. The molecule has 0 radical (unpaired) electrons. The summed E-state index contributed by atoms with van der Waals surface area (Å²) in [7, 11) is 1.31. The highest BCUT2D eigenvalue weighted by Crippen LogP contribution is 2.17. The van der Waals surface area contributed by atoms with Crippen LogP contribution in [0.2, 0.25) is 5.02 Å². The number of rotatable bonds is 6. The second kappa shape index (κ2) is 8.62. The zero-order chi connectivity index (χ0) is 18.4. The summed E-state index contributed by atoms with van der Waals surface area (Å²) in [5, 5.41) is 0.452. The maximum atomic E-state index is 13.1. The van der Waals surface area contributed by atoms with Crippen LogP contribution >= 0.6 is 11.6 Å². The Balaban J connectivity index is 2.25. The molecule has 6 heteroatoms. The third kappa shape index (κ3) is 5.29. The van der Waals surface area contributed by atoms with Gasteiger partial charge in [0.25, 0.3) is 5.91 Å². The van der Waals surface area contributed by atoms with E-state index in [4.69, 9.17) is 16.3 Å². The molecule has 0 aromatic heterocycles. The fourth-order valence-corrected chi connectivity index (χ4v) is 2.63. The summed E-state index contributed by atoms with van der Waals surface area (Å²) in [6.07, 6.45) is 0. The molecular weight excluding hydrogens is 345 g/mol. The van der Waals surface area contributed by atoms with Gasteiger partial charge < -0.3 is 9.64 Å². The highest BCUT2D eigenvalue weighted by molar-refractivity contribution is 6.30. The molecule has 25 heavy (non-hydrogen) atoms. The molecule has 0 bridgehead atoms. The molecule has 2 aromatic carbocycles. The van der Waals surface area contributed by atoms with Crippen molar-refractivity contribution in [2.24, 2.45) is 5.92 Å². The first-order valence-corrected chi connectivity index (χ1v) is 8.15. The van der Waals surface area contributed by atoms with Crippen LogP contribution in [0.4, 0.5) is 4.39 Å². The number of hydrogen-bond donors (Lipinski definition) is 0. The molecule has 0 aliphatic carbocycles. The second-order valence-electron chi connectivity index (χ2n) is 5.75. The van der Waals surface area contributed by atoms with Gasteiger partial charge in [-0.1, -0.05) is 36.7 Å². The average molecular weight is 364 g/mol. The number of esters is 1. The summed E-state index contributed by atoms with van der Waals surface area (Å²) in [4.78, 5) is 26.1. The smallest absolute Gasteiger partial charge is 0.310 e. The molecule has 0 spiro atoms. The van der Waals surface area contributed by atoms with Gasteiger partial charge in [0.15, 0.2) is 0 Å². The molecule has 1 amide bonds. The fourth-order valence-electron chi connectivity index (χ4n) is 2.44. The average Bonchev–Trinajstić information content (AvgIpc) is 2.61. The van der Waals surface area contributed by atoms with Gasteiger partial charge in [-0.05, 0) is 35.9 Å². The van der Waals surface area contributed by atoms with Crippen LogP contribution in [0.3, 0.4) is 0 Å². The molecule has 0 heterocycles. The Morgan fingerprint density at radius 3 is 2.48 bits per heavy atom. The van der Waals surface area contributed by atoms with E-state index in [1.807, 2.05) is 0 Å². The van der Waals surface area contributed by atoms with E-state index in [0.717, 1.165) is 5.56 Å². The molecule has 0 aliphatic heterocycles. The standard InChI is InChI=1S/C19H19ClFNO3/c1-13(19(24)25-2)11-22(12-14-6-8-17(21)9-7-14)18(23)15-4-3-5-16(20)10-15/h3-10,13H,11-12H2,1-2H3. The van der Waals surface area contributed by atoms with Crippen molar-refractivity contribution in [2.75, 3.05) is 13.7 Å². The topological polar surface area (TPSA) is 46.6 Å². The molecule has 0 N–H and O–H groups in total. The largest absolute Gasteiger partial charge is 0.469 e. The first-order valence-electron chi connectivity index (χ1n) is 7.78. The number of methoxy groups -OCH3 is 1. The second-order valence-corrected chi connectivity index (χ2v) is 6.18. The molecule has 1 atom stereocenters. The zero-order valence-corrected chi connectivity index (χ0v) is 14.8. The lowest BCUT2D eigenvalue weighted by Crippen LogP contribution is -2.36. The van der Waals surface area contributed by atoms with Crippen molar-refractivity contribution in [3.63, 3.8) is 0 Å². The molecule has 2 rings (SSSR count). The minimum absolute atomic E-state index is 0.176. The van der Waals surface area contributed by atoms with Gasteiger partial charge in [-0.15, -0.1) is 0 Å². The van der Waals surface area contributed by atoms with Gasteiger partial charge in [0.05, 0.1) is 13.0 Å². The highest BCUT2D eigenvalue weighted by atomic mass is 35.5. The number of benzene rings is 2. The predicted octanol–water partition coefficient (Wildman–Crippen LogP) is 3.93. The zero-order valence-electron chi connectivity index (χ0n) is 14.0. The van der Waals surface area contributed by atoms with Crippen LogP contribution in [0, 0.1) is 11.7 Å². The Kier molecular flexibility index (Phi) is 6.53. The van der Waals surface area contributed by atoms with E-state index in [2.05, 4.69) is 0 Å². The number of carbonyl (C=O) groups excluding carboxylic acids is 2. The van der Waals surface area contributed by atoms with E-state index in [9.17, 15) is 14.0 Å². The lowest BCUT2D eigenvalue weighted by molar-refractivity contribution is -0.145. The summed E-state index contributed by atoms with van der Waals surface area (Å²) in [5.74, 6) is -1.50. The van der Waals surface area contributed by atoms with Crippen molar-refractivity contribution in [1.82, 2.24) is 4.90 Å². The number of hydrogen-bond acceptors (Lipinski definition) is 3. The quantitative estimate of drug-likeness (QED) is 0.730. The molecule has 132 valence electrons. The van der Waals surface area contributed by atoms with Crippen LogP contribution in [0.5, 0.6) is 0 Å². The van der Waals surface area contributed by atoms with Crippen molar-refractivity contribution in [3.05, 3.63) is 70.5 Å². The Labute approximate surface area is 151 Å². The van der Waals surface area contributed by atoms with E-state index < -0.39 is 11.9 Å². The van der Waals surface area contributed by atoms with Crippen LogP contribution in [0.15, 0.2) is 48.5 Å². The van der Waals surface area contributed by atoms with E-state index >= 15 is 0 Å². The van der Waals surface area contributed by atoms with Crippen LogP contribution in [0.1, 0.15) is 22.8 Å². The number of carbonyl (C=O) groups is 2. The first kappa shape index (κ1) is 18.9. The van der Waals surface area contributed by atoms with E-state index in [-0.39, 0.29) is 24.8 Å². The number of halogens is 2. The van der Waals surface area contributed by atoms with Crippen LogP contribution in [0.25, 0.3) is 0 Å². The van der Waals surface area contributed by atoms with Gasteiger partial charge in [-0.2, -0.15) is 0 Å². The Morgan fingerprint density at radius 2 is 1.88 bits per heavy atom. The Bertz CT molecular complexity index is 749. The minimum atomic E-state index is -0.492. The summed E-state index contributed by atoms with van der Waals surface area (Å²) in [6.45, 7) is 2.11. The van der Waals surface area contributed by atoms with Crippen molar-refractivity contribution < 1.29 is 18.7 Å². The highest BCUT2D eigenvalue weighted by Gasteiger charge is 2.23. The molecule has 4 nitrogen and oxygen atoms in total. The van der Waals surface area contributed by atoms with E-state index in [1.54, 1.807) is 43.3 Å². The summed E-state index contributed by atoms with van der Waals surface area (Å²) >= 11 is 5.96. The molecule has 1 unspecified atom stereocenters. The molecular formula is C19H19ClFNO3. The van der Waals surface area contributed by atoms with Crippen molar-refractivity contribution in [3.8, 4) is 0 Å². The molecule has 0 saturated heterocycles. The first-order chi connectivity index (χ1) is 11.9. The van der Waals surface area contributed by atoms with Gasteiger partial charge in [0.1, 0.15) is 5.82 Å². The van der Waals surface area contributed by atoms with Crippen molar-refractivity contribution in [2.45, 2.75) is 13.5 Å². The Morgan fingerprint density at radius 1 is 1.20 bits per heavy atom. The van der Waals surface area contributed by atoms with Crippen LogP contribution in [-0.4, -0.2) is 30.4 Å². The monoisotopic (exact) mass is 363 g/mol. The van der Waals surface area contributed by atoms with E-state index in [1.165, 1.54) is 24.1 Å². The van der Waals surface area contributed by atoms with Gasteiger partial charge in [0, 0.05) is 23.7 Å². The van der Waals surface area contributed by atoms with Crippen molar-refractivity contribution in [1.29, 1.82) is 0 Å². The number of nitrogens with zero attached hydrogens (tertiary/aromatic N) is 1.